The Hall–Kier alpha value is -1.20. The summed E-state index contributed by atoms with van der Waals surface area (Å²) in [5.74, 6) is 0.477. The van der Waals surface area contributed by atoms with E-state index in [1.54, 1.807) is 18.6 Å². The summed E-state index contributed by atoms with van der Waals surface area (Å²) in [5.41, 5.74) is 1.24. The zero-order valence-corrected chi connectivity index (χ0v) is 11.9. The summed E-state index contributed by atoms with van der Waals surface area (Å²) < 4.78 is 6.25. The van der Waals surface area contributed by atoms with E-state index in [0.717, 1.165) is 12.8 Å². The van der Waals surface area contributed by atoms with Gasteiger partial charge in [0.15, 0.2) is 0 Å². The first-order valence-corrected chi connectivity index (χ1v) is 6.62. The first kappa shape index (κ1) is 13.2. The fourth-order valence-corrected chi connectivity index (χ4v) is 1.86. The van der Waals surface area contributed by atoms with E-state index in [1.165, 1.54) is 5.56 Å². The van der Waals surface area contributed by atoms with Gasteiger partial charge in [-0.25, -0.2) is 4.98 Å². The lowest BCUT2D eigenvalue weighted by Crippen LogP contribution is -2.02. The maximum atomic E-state index is 5.70. The SMILES string of the molecule is Clc1ncc(Br)c(OCCCc2ccncc2)n1. The molecular weight excluding hydrogens is 318 g/mol. The van der Waals surface area contributed by atoms with Gasteiger partial charge in [0.05, 0.1) is 11.1 Å². The zero-order valence-electron chi connectivity index (χ0n) is 9.51. The molecule has 0 atom stereocenters. The molecule has 0 amide bonds. The van der Waals surface area contributed by atoms with Crippen LogP contribution in [0.25, 0.3) is 0 Å². The van der Waals surface area contributed by atoms with Crippen molar-refractivity contribution in [3.05, 3.63) is 46.0 Å². The molecule has 0 spiro atoms. The highest BCUT2D eigenvalue weighted by atomic mass is 79.9. The van der Waals surface area contributed by atoms with Crippen molar-refractivity contribution < 1.29 is 4.74 Å². The van der Waals surface area contributed by atoms with Crippen LogP contribution in [-0.2, 0) is 6.42 Å². The largest absolute Gasteiger partial charge is 0.477 e. The van der Waals surface area contributed by atoms with E-state index in [9.17, 15) is 0 Å². The zero-order chi connectivity index (χ0) is 12.8. The summed E-state index contributed by atoms with van der Waals surface area (Å²) in [7, 11) is 0. The third kappa shape index (κ3) is 3.92. The van der Waals surface area contributed by atoms with Gasteiger partial charge < -0.3 is 4.74 Å². The first-order valence-electron chi connectivity index (χ1n) is 5.45. The van der Waals surface area contributed by atoms with Crippen molar-refractivity contribution in [2.75, 3.05) is 6.61 Å². The van der Waals surface area contributed by atoms with Crippen molar-refractivity contribution in [2.24, 2.45) is 0 Å². The highest BCUT2D eigenvalue weighted by Gasteiger charge is 2.04. The second kappa shape index (κ2) is 6.66. The molecule has 0 saturated carbocycles. The lowest BCUT2D eigenvalue weighted by Gasteiger charge is -2.06. The number of hydrogen-bond donors (Lipinski definition) is 0. The molecule has 2 aromatic rings. The minimum Gasteiger partial charge on any atom is -0.477 e. The monoisotopic (exact) mass is 327 g/mol. The number of halogens is 2. The summed E-state index contributed by atoms with van der Waals surface area (Å²) >= 11 is 9.01. The topological polar surface area (TPSA) is 47.9 Å². The van der Waals surface area contributed by atoms with E-state index in [4.69, 9.17) is 16.3 Å². The third-order valence-corrected chi connectivity index (χ3v) is 3.01. The fourth-order valence-electron chi connectivity index (χ4n) is 1.43. The number of rotatable bonds is 5. The predicted molar refractivity (Wildman–Crippen MR) is 72.8 cm³/mol. The van der Waals surface area contributed by atoms with Gasteiger partial charge in [-0.1, -0.05) is 0 Å². The highest BCUT2D eigenvalue weighted by Crippen LogP contribution is 2.22. The van der Waals surface area contributed by atoms with Crippen LogP contribution in [0.2, 0.25) is 5.28 Å². The molecule has 0 bridgehead atoms. The molecule has 0 radical (unpaired) electrons. The van der Waals surface area contributed by atoms with Gasteiger partial charge in [0, 0.05) is 18.6 Å². The Morgan fingerprint density at radius 2 is 2.06 bits per heavy atom. The molecule has 94 valence electrons. The van der Waals surface area contributed by atoms with Crippen molar-refractivity contribution in [3.8, 4) is 5.88 Å². The van der Waals surface area contributed by atoms with Crippen LogP contribution in [0.3, 0.4) is 0 Å². The number of ether oxygens (including phenoxy) is 1. The molecule has 6 heteroatoms. The van der Waals surface area contributed by atoms with Crippen LogP contribution in [0, 0.1) is 0 Å². The fraction of sp³-hybridized carbons (Fsp3) is 0.250. The third-order valence-electron chi connectivity index (χ3n) is 2.28. The van der Waals surface area contributed by atoms with Crippen molar-refractivity contribution in [3.63, 3.8) is 0 Å². The minimum absolute atomic E-state index is 0.183. The normalized spacial score (nSPS) is 10.3. The molecule has 18 heavy (non-hydrogen) atoms. The van der Waals surface area contributed by atoms with E-state index in [2.05, 4.69) is 30.9 Å². The molecule has 0 aliphatic carbocycles. The number of nitrogens with zero attached hydrogens (tertiary/aromatic N) is 3. The Morgan fingerprint density at radius 1 is 1.28 bits per heavy atom. The first-order chi connectivity index (χ1) is 8.75. The van der Waals surface area contributed by atoms with E-state index in [1.807, 2.05) is 12.1 Å². The van der Waals surface area contributed by atoms with Crippen LogP contribution >= 0.6 is 27.5 Å². The van der Waals surface area contributed by atoms with E-state index >= 15 is 0 Å². The van der Waals surface area contributed by atoms with E-state index in [-0.39, 0.29) is 5.28 Å². The second-order valence-corrected chi connectivity index (χ2v) is 4.79. The average Bonchev–Trinajstić information content (AvgIpc) is 2.40. The Kier molecular flexibility index (Phi) is 4.90. The van der Waals surface area contributed by atoms with Crippen LogP contribution in [0.1, 0.15) is 12.0 Å². The average molecular weight is 329 g/mol. The molecule has 0 aliphatic heterocycles. The van der Waals surface area contributed by atoms with Crippen LogP contribution < -0.4 is 4.74 Å². The highest BCUT2D eigenvalue weighted by molar-refractivity contribution is 9.10. The molecule has 0 saturated heterocycles. The Labute approximate surface area is 119 Å². The Bertz CT molecular complexity index is 510. The summed E-state index contributed by atoms with van der Waals surface area (Å²) in [6.07, 6.45) is 7.00. The van der Waals surface area contributed by atoms with Crippen molar-refractivity contribution in [1.29, 1.82) is 0 Å². The molecule has 2 rings (SSSR count). The van der Waals surface area contributed by atoms with Crippen molar-refractivity contribution >= 4 is 27.5 Å². The van der Waals surface area contributed by atoms with Crippen LogP contribution in [0.4, 0.5) is 0 Å². The Balaban J connectivity index is 1.80. The molecule has 0 unspecified atom stereocenters. The van der Waals surface area contributed by atoms with Crippen LogP contribution in [0.5, 0.6) is 5.88 Å². The maximum absolute atomic E-state index is 5.70. The number of aryl methyl sites for hydroxylation is 1. The van der Waals surface area contributed by atoms with Crippen molar-refractivity contribution in [2.45, 2.75) is 12.8 Å². The molecule has 0 N–H and O–H groups in total. The van der Waals surface area contributed by atoms with Crippen LogP contribution in [0.15, 0.2) is 35.2 Å². The summed E-state index contributed by atoms with van der Waals surface area (Å²) in [5, 5.41) is 0.183. The van der Waals surface area contributed by atoms with E-state index < -0.39 is 0 Å². The van der Waals surface area contributed by atoms with Gasteiger partial charge in [-0.05, 0) is 58.1 Å². The number of aromatic nitrogens is 3. The maximum Gasteiger partial charge on any atom is 0.232 e. The lowest BCUT2D eigenvalue weighted by atomic mass is 10.1. The van der Waals surface area contributed by atoms with Gasteiger partial charge in [0.1, 0.15) is 0 Å². The molecule has 2 heterocycles. The molecule has 4 nitrogen and oxygen atoms in total. The molecular formula is C12H11BrClN3O. The van der Waals surface area contributed by atoms with Crippen LogP contribution in [-0.4, -0.2) is 21.6 Å². The van der Waals surface area contributed by atoms with E-state index in [0.29, 0.717) is 17.0 Å². The minimum atomic E-state index is 0.183. The smallest absolute Gasteiger partial charge is 0.232 e. The Morgan fingerprint density at radius 3 is 2.83 bits per heavy atom. The summed E-state index contributed by atoms with van der Waals surface area (Å²) in [6, 6.07) is 3.99. The van der Waals surface area contributed by atoms with Gasteiger partial charge in [0.25, 0.3) is 0 Å². The van der Waals surface area contributed by atoms with Crippen molar-refractivity contribution in [1.82, 2.24) is 15.0 Å². The standard InChI is InChI=1S/C12H11BrClN3O/c13-10-8-16-12(14)17-11(10)18-7-1-2-9-3-5-15-6-4-9/h3-6,8H,1-2,7H2. The van der Waals surface area contributed by atoms with Gasteiger partial charge in [-0.15, -0.1) is 0 Å². The van der Waals surface area contributed by atoms with Gasteiger partial charge >= 0.3 is 0 Å². The molecule has 0 aromatic carbocycles. The summed E-state index contributed by atoms with van der Waals surface area (Å²) in [4.78, 5) is 11.8. The molecule has 0 aliphatic rings. The lowest BCUT2D eigenvalue weighted by molar-refractivity contribution is 0.296. The molecule has 0 fully saturated rings. The predicted octanol–water partition coefficient (Wildman–Crippen LogP) is 3.30. The van der Waals surface area contributed by atoms with Gasteiger partial charge in [0.2, 0.25) is 11.2 Å². The number of pyridine rings is 1. The summed E-state index contributed by atoms with van der Waals surface area (Å²) in [6.45, 7) is 0.578. The second-order valence-electron chi connectivity index (χ2n) is 3.60. The quantitative estimate of drug-likeness (QED) is 0.624. The van der Waals surface area contributed by atoms with Gasteiger partial charge in [-0.2, -0.15) is 4.98 Å². The molecule has 2 aromatic heterocycles. The number of hydrogen-bond acceptors (Lipinski definition) is 4. The van der Waals surface area contributed by atoms with Gasteiger partial charge in [-0.3, -0.25) is 4.98 Å².